The second-order valence-electron chi connectivity index (χ2n) is 8.99. The summed E-state index contributed by atoms with van der Waals surface area (Å²) in [6.07, 6.45) is 2.17. The van der Waals surface area contributed by atoms with E-state index in [1.165, 1.54) is 4.90 Å². The number of likely N-dealkylation sites (tertiary alicyclic amines) is 1. The number of rotatable bonds is 5. The molecule has 32 heavy (non-hydrogen) atoms. The van der Waals surface area contributed by atoms with Crippen molar-refractivity contribution in [2.45, 2.75) is 37.1 Å². The fourth-order valence-corrected chi connectivity index (χ4v) is 5.30. The van der Waals surface area contributed by atoms with Gasteiger partial charge in [-0.05, 0) is 35.1 Å². The van der Waals surface area contributed by atoms with Crippen molar-refractivity contribution in [3.8, 4) is 11.1 Å². The highest BCUT2D eigenvalue weighted by molar-refractivity contribution is 5.92. The Morgan fingerprint density at radius 1 is 0.969 bits per heavy atom. The van der Waals surface area contributed by atoms with Gasteiger partial charge in [-0.25, -0.2) is 4.79 Å². The summed E-state index contributed by atoms with van der Waals surface area (Å²) in [5.41, 5.74) is 3.59. The molecule has 2 amide bonds. The molecule has 2 fully saturated rings. The van der Waals surface area contributed by atoms with Gasteiger partial charge in [0.2, 0.25) is 5.91 Å². The molecule has 1 saturated carbocycles. The average Bonchev–Trinajstić information content (AvgIpc) is 3.34. The summed E-state index contributed by atoms with van der Waals surface area (Å²) < 4.78 is 5.65. The fraction of sp³-hybridized carbons (Fsp3) is 0.400. The smallest absolute Gasteiger partial charge is 0.408 e. The van der Waals surface area contributed by atoms with Gasteiger partial charge in [0.25, 0.3) is 0 Å². The van der Waals surface area contributed by atoms with E-state index in [1.54, 1.807) is 0 Å². The van der Waals surface area contributed by atoms with Crippen molar-refractivity contribution in [2.75, 3.05) is 19.7 Å². The van der Waals surface area contributed by atoms with E-state index in [0.29, 0.717) is 12.8 Å². The second-order valence-corrected chi connectivity index (χ2v) is 8.99. The topological polar surface area (TPSA) is 95.9 Å². The third-order valence-electron chi connectivity index (χ3n) is 7.07. The number of fused-ring (bicyclic) bond motifs is 3. The molecule has 3 aliphatic rings. The summed E-state index contributed by atoms with van der Waals surface area (Å²) in [5.74, 6) is -1.65. The molecule has 0 bridgehead atoms. The summed E-state index contributed by atoms with van der Waals surface area (Å²) in [4.78, 5) is 38.5. The molecule has 2 aromatic rings. The average molecular weight is 434 g/mol. The third-order valence-corrected chi connectivity index (χ3v) is 7.07. The van der Waals surface area contributed by atoms with Gasteiger partial charge >= 0.3 is 12.1 Å². The van der Waals surface area contributed by atoms with Crippen LogP contribution in [0.15, 0.2) is 48.5 Å². The molecule has 1 aliphatic heterocycles. The molecule has 7 heteroatoms. The number of carboxylic acids is 1. The molecule has 7 nitrogen and oxygen atoms in total. The Morgan fingerprint density at radius 2 is 1.53 bits per heavy atom. The van der Waals surface area contributed by atoms with E-state index in [-0.39, 0.29) is 31.5 Å². The maximum Gasteiger partial charge on any atom is 0.408 e. The van der Waals surface area contributed by atoms with Crippen molar-refractivity contribution >= 4 is 18.0 Å². The number of nitrogens with one attached hydrogen (secondary N) is 1. The van der Waals surface area contributed by atoms with Gasteiger partial charge < -0.3 is 20.1 Å². The second kappa shape index (κ2) is 7.97. The number of nitrogens with zero attached hydrogens (tertiary/aromatic N) is 1. The van der Waals surface area contributed by atoms with E-state index in [2.05, 4.69) is 29.6 Å². The Morgan fingerprint density at radius 3 is 2.09 bits per heavy atom. The van der Waals surface area contributed by atoms with Gasteiger partial charge in [0.15, 0.2) is 0 Å². The molecule has 1 heterocycles. The first-order chi connectivity index (χ1) is 15.5. The summed E-state index contributed by atoms with van der Waals surface area (Å²) in [6.45, 7) is 0.583. The SMILES string of the molecule is O=C(NC1(C(=O)N2CC(C(=O)O)C2)CCCC1)OCC1c2ccccc2-c2ccccc21. The van der Waals surface area contributed by atoms with Crippen LogP contribution in [0.2, 0.25) is 0 Å². The van der Waals surface area contributed by atoms with Crippen molar-refractivity contribution in [3.05, 3.63) is 59.7 Å². The van der Waals surface area contributed by atoms with Gasteiger partial charge in [0.05, 0.1) is 5.92 Å². The lowest BCUT2D eigenvalue weighted by Gasteiger charge is -2.42. The highest BCUT2D eigenvalue weighted by atomic mass is 16.5. The van der Waals surface area contributed by atoms with E-state index < -0.39 is 23.5 Å². The number of carbonyl (C=O) groups excluding carboxylic acids is 2. The minimum Gasteiger partial charge on any atom is -0.481 e. The lowest BCUT2D eigenvalue weighted by atomic mass is 9.91. The first-order valence-corrected chi connectivity index (χ1v) is 11.1. The van der Waals surface area contributed by atoms with Crippen LogP contribution in [-0.4, -0.2) is 53.2 Å². The maximum atomic E-state index is 13.1. The molecule has 0 spiro atoms. The Balaban J connectivity index is 1.26. The minimum absolute atomic E-state index is 0.0462. The number of hydrogen-bond acceptors (Lipinski definition) is 4. The molecule has 0 radical (unpaired) electrons. The van der Waals surface area contributed by atoms with Crippen LogP contribution in [-0.2, 0) is 14.3 Å². The van der Waals surface area contributed by atoms with E-state index >= 15 is 0 Å². The van der Waals surface area contributed by atoms with Crippen LogP contribution >= 0.6 is 0 Å². The standard InChI is InChI=1S/C25H26N2O5/c28-22(29)16-13-27(14-16)23(30)25(11-5-6-12-25)26-24(31)32-15-21-19-9-3-1-7-17(19)18-8-2-4-10-20(18)21/h1-4,7-10,16,21H,5-6,11-15H2,(H,26,31)(H,28,29). The Labute approximate surface area is 186 Å². The normalized spacial score (nSPS) is 19.1. The summed E-state index contributed by atoms with van der Waals surface area (Å²) >= 11 is 0. The van der Waals surface area contributed by atoms with Gasteiger partial charge in [0.1, 0.15) is 12.1 Å². The summed E-state index contributed by atoms with van der Waals surface area (Å²) in [5, 5.41) is 12.0. The highest BCUT2D eigenvalue weighted by Crippen LogP contribution is 2.44. The van der Waals surface area contributed by atoms with E-state index in [9.17, 15) is 14.4 Å². The molecule has 0 unspecified atom stereocenters. The first-order valence-electron chi connectivity index (χ1n) is 11.1. The Bertz CT molecular complexity index is 1020. The van der Waals surface area contributed by atoms with Crippen molar-refractivity contribution < 1.29 is 24.2 Å². The number of aliphatic carboxylic acids is 1. The largest absolute Gasteiger partial charge is 0.481 e. The Hall–Kier alpha value is -3.35. The molecular formula is C25H26N2O5. The van der Waals surface area contributed by atoms with Crippen LogP contribution < -0.4 is 5.32 Å². The summed E-state index contributed by atoms with van der Waals surface area (Å²) in [6, 6.07) is 16.3. The molecule has 5 rings (SSSR count). The molecule has 2 N–H and O–H groups in total. The third kappa shape index (κ3) is 3.42. The lowest BCUT2D eigenvalue weighted by molar-refractivity contribution is -0.155. The van der Waals surface area contributed by atoms with Crippen LogP contribution in [0.5, 0.6) is 0 Å². The van der Waals surface area contributed by atoms with Crippen LogP contribution in [0.25, 0.3) is 11.1 Å². The van der Waals surface area contributed by atoms with Crippen LogP contribution in [0, 0.1) is 5.92 Å². The molecule has 2 aromatic carbocycles. The van der Waals surface area contributed by atoms with Crippen LogP contribution in [0.1, 0.15) is 42.7 Å². The number of carboxylic acid groups (broad SMARTS) is 1. The predicted octanol–water partition coefficient (Wildman–Crippen LogP) is 3.38. The zero-order chi connectivity index (χ0) is 22.3. The molecule has 1 saturated heterocycles. The van der Waals surface area contributed by atoms with Gasteiger partial charge in [-0.2, -0.15) is 0 Å². The Kier molecular flexibility index (Phi) is 5.12. The number of alkyl carbamates (subject to hydrolysis) is 1. The lowest BCUT2D eigenvalue weighted by Crippen LogP contribution is -2.64. The number of hydrogen-bond donors (Lipinski definition) is 2. The van der Waals surface area contributed by atoms with Crippen molar-refractivity contribution in [1.82, 2.24) is 10.2 Å². The van der Waals surface area contributed by atoms with E-state index in [0.717, 1.165) is 35.1 Å². The monoisotopic (exact) mass is 434 g/mol. The zero-order valence-electron chi connectivity index (χ0n) is 17.8. The van der Waals surface area contributed by atoms with Crippen molar-refractivity contribution in [3.63, 3.8) is 0 Å². The zero-order valence-corrected chi connectivity index (χ0v) is 17.8. The first kappa shape index (κ1) is 20.5. The minimum atomic E-state index is -0.994. The predicted molar refractivity (Wildman–Crippen MR) is 117 cm³/mol. The maximum absolute atomic E-state index is 13.1. The number of ether oxygens (including phenoxy) is 1. The molecule has 166 valence electrons. The molecule has 2 aliphatic carbocycles. The molecule has 0 atom stereocenters. The van der Waals surface area contributed by atoms with Gasteiger partial charge in [-0.1, -0.05) is 61.4 Å². The van der Waals surface area contributed by atoms with E-state index in [4.69, 9.17) is 9.84 Å². The number of benzene rings is 2. The summed E-state index contributed by atoms with van der Waals surface area (Å²) in [7, 11) is 0. The van der Waals surface area contributed by atoms with Gasteiger partial charge in [-0.3, -0.25) is 9.59 Å². The van der Waals surface area contributed by atoms with Gasteiger partial charge in [-0.15, -0.1) is 0 Å². The fourth-order valence-electron chi connectivity index (χ4n) is 5.30. The molecule has 0 aromatic heterocycles. The number of carbonyl (C=O) groups is 3. The van der Waals surface area contributed by atoms with Crippen molar-refractivity contribution in [1.29, 1.82) is 0 Å². The highest BCUT2D eigenvalue weighted by Gasteiger charge is 2.49. The van der Waals surface area contributed by atoms with Crippen LogP contribution in [0.3, 0.4) is 0 Å². The van der Waals surface area contributed by atoms with Crippen LogP contribution in [0.4, 0.5) is 4.79 Å². The number of amides is 2. The van der Waals surface area contributed by atoms with E-state index in [1.807, 2.05) is 24.3 Å². The quantitative estimate of drug-likeness (QED) is 0.752. The molecular weight excluding hydrogens is 408 g/mol. The van der Waals surface area contributed by atoms with Crippen molar-refractivity contribution in [2.24, 2.45) is 5.92 Å². The van der Waals surface area contributed by atoms with Gasteiger partial charge in [0, 0.05) is 19.0 Å².